The number of carbonyl (C=O) groups is 1. The highest BCUT2D eigenvalue weighted by molar-refractivity contribution is 7.13. The van der Waals surface area contributed by atoms with Crippen LogP contribution in [-0.2, 0) is 6.61 Å². The zero-order valence-electron chi connectivity index (χ0n) is 12.5. The fourth-order valence-corrected chi connectivity index (χ4v) is 2.60. The zero-order chi connectivity index (χ0) is 16.1. The van der Waals surface area contributed by atoms with Crippen LogP contribution in [0.25, 0.3) is 0 Å². The van der Waals surface area contributed by atoms with Crippen LogP contribution in [-0.4, -0.2) is 15.9 Å². The highest BCUT2D eigenvalue weighted by atomic mass is 32.1. The SMILES string of the molecule is Cc1csc(NC(=O)c2ccc(OCc3ccccc3)nc2)n1. The predicted octanol–water partition coefficient (Wildman–Crippen LogP) is 3.68. The number of amides is 1. The number of rotatable bonds is 5. The number of pyridine rings is 1. The average Bonchev–Trinajstić information content (AvgIpc) is 2.99. The van der Waals surface area contributed by atoms with E-state index in [0.717, 1.165) is 11.3 Å². The van der Waals surface area contributed by atoms with Crippen LogP contribution in [0, 0.1) is 6.92 Å². The number of nitrogens with zero attached hydrogens (tertiary/aromatic N) is 2. The normalized spacial score (nSPS) is 10.3. The van der Waals surface area contributed by atoms with Gasteiger partial charge in [0, 0.05) is 17.6 Å². The van der Waals surface area contributed by atoms with E-state index < -0.39 is 0 Å². The maximum absolute atomic E-state index is 12.1. The van der Waals surface area contributed by atoms with Gasteiger partial charge in [-0.2, -0.15) is 0 Å². The molecular weight excluding hydrogens is 310 g/mol. The van der Waals surface area contributed by atoms with Crippen molar-refractivity contribution in [2.24, 2.45) is 0 Å². The second kappa shape index (κ2) is 7.02. The van der Waals surface area contributed by atoms with Gasteiger partial charge in [0.1, 0.15) is 6.61 Å². The lowest BCUT2D eigenvalue weighted by Crippen LogP contribution is -2.12. The molecule has 0 bridgehead atoms. The van der Waals surface area contributed by atoms with E-state index in [-0.39, 0.29) is 5.91 Å². The van der Waals surface area contributed by atoms with Gasteiger partial charge in [0.25, 0.3) is 5.91 Å². The van der Waals surface area contributed by atoms with E-state index in [1.165, 1.54) is 17.5 Å². The first-order valence-corrected chi connectivity index (χ1v) is 7.95. The predicted molar refractivity (Wildman–Crippen MR) is 89.8 cm³/mol. The molecule has 5 nitrogen and oxygen atoms in total. The largest absolute Gasteiger partial charge is 0.473 e. The fraction of sp³-hybridized carbons (Fsp3) is 0.118. The van der Waals surface area contributed by atoms with E-state index in [1.54, 1.807) is 12.1 Å². The van der Waals surface area contributed by atoms with Crippen LogP contribution in [0.1, 0.15) is 21.6 Å². The maximum atomic E-state index is 12.1. The van der Waals surface area contributed by atoms with Gasteiger partial charge in [-0.3, -0.25) is 10.1 Å². The molecule has 0 radical (unpaired) electrons. The monoisotopic (exact) mass is 325 g/mol. The summed E-state index contributed by atoms with van der Waals surface area (Å²) < 4.78 is 5.60. The van der Waals surface area contributed by atoms with Crippen LogP contribution in [0.5, 0.6) is 5.88 Å². The Morgan fingerprint density at radius 1 is 1.22 bits per heavy atom. The molecule has 0 atom stereocenters. The molecule has 3 rings (SSSR count). The lowest BCUT2D eigenvalue weighted by atomic mass is 10.2. The van der Waals surface area contributed by atoms with Crippen LogP contribution < -0.4 is 10.1 Å². The molecule has 0 aliphatic heterocycles. The Labute approximate surface area is 138 Å². The van der Waals surface area contributed by atoms with Crippen molar-refractivity contribution in [1.29, 1.82) is 0 Å². The molecule has 116 valence electrons. The second-order valence-corrected chi connectivity index (χ2v) is 5.77. The summed E-state index contributed by atoms with van der Waals surface area (Å²) >= 11 is 1.39. The third kappa shape index (κ3) is 4.14. The Hall–Kier alpha value is -2.73. The fourth-order valence-electron chi connectivity index (χ4n) is 1.91. The molecule has 0 spiro atoms. The third-order valence-corrected chi connectivity index (χ3v) is 3.94. The first-order chi connectivity index (χ1) is 11.2. The number of carbonyl (C=O) groups excluding carboxylic acids is 1. The number of benzene rings is 1. The Morgan fingerprint density at radius 3 is 2.70 bits per heavy atom. The standard InChI is InChI=1S/C17H15N3O2S/c1-12-11-23-17(19-12)20-16(21)14-7-8-15(18-9-14)22-10-13-5-3-2-4-6-13/h2-9,11H,10H2,1H3,(H,19,20,21). The summed E-state index contributed by atoms with van der Waals surface area (Å²) in [5, 5.41) is 5.21. The van der Waals surface area contributed by atoms with Crippen molar-refractivity contribution in [1.82, 2.24) is 9.97 Å². The van der Waals surface area contributed by atoms with Gasteiger partial charge in [-0.05, 0) is 18.6 Å². The van der Waals surface area contributed by atoms with Gasteiger partial charge < -0.3 is 4.74 Å². The number of hydrogen-bond donors (Lipinski definition) is 1. The van der Waals surface area contributed by atoms with Crippen molar-refractivity contribution in [2.75, 3.05) is 5.32 Å². The Bertz CT molecular complexity index is 785. The number of thiazole rings is 1. The van der Waals surface area contributed by atoms with E-state index in [1.807, 2.05) is 42.6 Å². The van der Waals surface area contributed by atoms with E-state index in [4.69, 9.17) is 4.74 Å². The summed E-state index contributed by atoms with van der Waals surface area (Å²) in [6.45, 7) is 2.32. The smallest absolute Gasteiger partial charge is 0.259 e. The molecule has 1 amide bonds. The molecule has 23 heavy (non-hydrogen) atoms. The Kier molecular flexibility index (Phi) is 4.63. The zero-order valence-corrected chi connectivity index (χ0v) is 13.3. The molecule has 0 saturated carbocycles. The van der Waals surface area contributed by atoms with Crippen molar-refractivity contribution >= 4 is 22.4 Å². The molecule has 0 fully saturated rings. The van der Waals surface area contributed by atoms with Gasteiger partial charge in [-0.1, -0.05) is 30.3 Å². The van der Waals surface area contributed by atoms with E-state index in [0.29, 0.717) is 23.2 Å². The van der Waals surface area contributed by atoms with E-state index in [2.05, 4.69) is 15.3 Å². The lowest BCUT2D eigenvalue weighted by Gasteiger charge is -2.06. The van der Waals surface area contributed by atoms with Crippen molar-refractivity contribution < 1.29 is 9.53 Å². The summed E-state index contributed by atoms with van der Waals surface area (Å²) in [6.07, 6.45) is 1.50. The number of nitrogens with one attached hydrogen (secondary N) is 1. The van der Waals surface area contributed by atoms with Gasteiger partial charge in [0.05, 0.1) is 11.3 Å². The molecule has 2 heterocycles. The molecule has 6 heteroatoms. The summed E-state index contributed by atoms with van der Waals surface area (Å²) in [5.74, 6) is 0.247. The molecule has 2 aromatic heterocycles. The summed E-state index contributed by atoms with van der Waals surface area (Å²) in [5.41, 5.74) is 2.41. The van der Waals surface area contributed by atoms with E-state index in [9.17, 15) is 4.79 Å². The molecule has 0 saturated heterocycles. The summed E-state index contributed by atoms with van der Waals surface area (Å²) in [4.78, 5) is 20.4. The number of anilines is 1. The van der Waals surface area contributed by atoms with Crippen LogP contribution in [0.2, 0.25) is 0 Å². The molecule has 0 aliphatic carbocycles. The minimum Gasteiger partial charge on any atom is -0.473 e. The van der Waals surface area contributed by atoms with Gasteiger partial charge in [-0.25, -0.2) is 9.97 Å². The minimum atomic E-state index is -0.235. The number of hydrogen-bond acceptors (Lipinski definition) is 5. The van der Waals surface area contributed by atoms with Crippen molar-refractivity contribution in [3.63, 3.8) is 0 Å². The highest BCUT2D eigenvalue weighted by Crippen LogP contribution is 2.16. The number of aryl methyl sites for hydroxylation is 1. The molecule has 0 unspecified atom stereocenters. The lowest BCUT2D eigenvalue weighted by molar-refractivity contribution is 0.102. The van der Waals surface area contributed by atoms with Crippen molar-refractivity contribution in [3.05, 3.63) is 70.9 Å². The van der Waals surface area contributed by atoms with Gasteiger partial charge >= 0.3 is 0 Å². The van der Waals surface area contributed by atoms with Gasteiger partial charge in [-0.15, -0.1) is 11.3 Å². The first kappa shape index (κ1) is 15.2. The quantitative estimate of drug-likeness (QED) is 0.777. The first-order valence-electron chi connectivity index (χ1n) is 7.07. The van der Waals surface area contributed by atoms with Crippen LogP contribution in [0.15, 0.2) is 54.0 Å². The van der Waals surface area contributed by atoms with Crippen LogP contribution in [0.3, 0.4) is 0 Å². The highest BCUT2D eigenvalue weighted by Gasteiger charge is 2.09. The molecule has 3 aromatic rings. The molecular formula is C17H15N3O2S. The summed E-state index contributed by atoms with van der Waals surface area (Å²) in [7, 11) is 0. The van der Waals surface area contributed by atoms with Crippen molar-refractivity contribution in [3.8, 4) is 5.88 Å². The molecule has 1 aromatic carbocycles. The van der Waals surface area contributed by atoms with Gasteiger partial charge in [0.15, 0.2) is 5.13 Å². The topological polar surface area (TPSA) is 64.1 Å². The summed E-state index contributed by atoms with van der Waals surface area (Å²) in [6, 6.07) is 13.2. The van der Waals surface area contributed by atoms with Gasteiger partial charge in [0.2, 0.25) is 5.88 Å². The Morgan fingerprint density at radius 2 is 2.04 bits per heavy atom. The Balaban J connectivity index is 1.59. The molecule has 1 N–H and O–H groups in total. The third-order valence-electron chi connectivity index (χ3n) is 3.07. The van der Waals surface area contributed by atoms with Crippen LogP contribution >= 0.6 is 11.3 Å². The van der Waals surface area contributed by atoms with Crippen molar-refractivity contribution in [2.45, 2.75) is 13.5 Å². The maximum Gasteiger partial charge on any atom is 0.259 e. The minimum absolute atomic E-state index is 0.235. The average molecular weight is 325 g/mol. The number of ether oxygens (including phenoxy) is 1. The van der Waals surface area contributed by atoms with E-state index >= 15 is 0 Å². The molecule has 0 aliphatic rings. The number of aromatic nitrogens is 2. The van der Waals surface area contributed by atoms with Crippen LogP contribution in [0.4, 0.5) is 5.13 Å². The second-order valence-electron chi connectivity index (χ2n) is 4.91.